The van der Waals surface area contributed by atoms with Gasteiger partial charge in [0.05, 0.1) is 16.6 Å². The Labute approximate surface area is 101 Å². The van der Waals surface area contributed by atoms with Gasteiger partial charge in [0.15, 0.2) is 0 Å². The van der Waals surface area contributed by atoms with E-state index in [9.17, 15) is 0 Å². The zero-order valence-corrected chi connectivity index (χ0v) is 10.3. The second-order valence-electron chi connectivity index (χ2n) is 4.93. The van der Waals surface area contributed by atoms with E-state index in [4.69, 9.17) is 5.73 Å². The number of hydrogen-bond acceptors (Lipinski definition) is 3. The number of aliphatic imine (C=N–C) groups is 1. The van der Waals surface area contributed by atoms with E-state index in [0.29, 0.717) is 5.84 Å². The maximum Gasteiger partial charge on any atom is 0.126 e. The van der Waals surface area contributed by atoms with Gasteiger partial charge >= 0.3 is 0 Å². The average Bonchev–Trinajstić information content (AvgIpc) is 2.26. The van der Waals surface area contributed by atoms with Crippen LogP contribution in [0.2, 0.25) is 0 Å². The Bertz CT molecular complexity index is 567. The normalized spacial score (nSPS) is 13.0. The third-order valence-electron chi connectivity index (χ3n) is 2.22. The summed E-state index contributed by atoms with van der Waals surface area (Å²) in [6.45, 7) is 6.04. The third kappa shape index (κ3) is 2.78. The molecular weight excluding hydrogens is 212 g/mol. The lowest BCUT2D eigenvalue weighted by Gasteiger charge is -2.13. The van der Waals surface area contributed by atoms with Crippen molar-refractivity contribution in [2.24, 2.45) is 10.7 Å². The summed E-state index contributed by atoms with van der Waals surface area (Å²) in [7, 11) is 0. The van der Waals surface area contributed by atoms with E-state index in [1.54, 1.807) is 12.4 Å². The lowest BCUT2D eigenvalue weighted by Crippen LogP contribution is -2.21. The maximum absolute atomic E-state index is 5.97. The molecule has 0 saturated heterocycles. The van der Waals surface area contributed by atoms with Crippen molar-refractivity contribution in [3.8, 4) is 0 Å². The standard InChI is InChI=1S/C13H16N4/c1-13(2,3)17-12(14)9-4-5-10-11(8-9)16-7-6-15-10/h4-8H,1-3H3,(H2,14,17). The minimum absolute atomic E-state index is 0.179. The third-order valence-corrected chi connectivity index (χ3v) is 2.22. The minimum Gasteiger partial charge on any atom is -0.383 e. The molecule has 4 nitrogen and oxygen atoms in total. The van der Waals surface area contributed by atoms with Crippen molar-refractivity contribution >= 4 is 16.9 Å². The molecule has 2 aromatic rings. The summed E-state index contributed by atoms with van der Waals surface area (Å²) in [5, 5.41) is 0. The van der Waals surface area contributed by atoms with Crippen molar-refractivity contribution in [1.82, 2.24) is 9.97 Å². The van der Waals surface area contributed by atoms with E-state index in [1.807, 2.05) is 39.0 Å². The van der Waals surface area contributed by atoms with Gasteiger partial charge in [0.25, 0.3) is 0 Å². The SMILES string of the molecule is CC(C)(C)N=C(N)c1ccc2nccnc2c1. The highest BCUT2D eigenvalue weighted by Gasteiger charge is 2.09. The summed E-state index contributed by atoms with van der Waals surface area (Å²) in [5.41, 5.74) is 8.37. The monoisotopic (exact) mass is 228 g/mol. The molecule has 1 aromatic carbocycles. The van der Waals surface area contributed by atoms with E-state index in [2.05, 4.69) is 15.0 Å². The summed E-state index contributed by atoms with van der Waals surface area (Å²) < 4.78 is 0. The number of amidine groups is 1. The van der Waals surface area contributed by atoms with Crippen LogP contribution in [0.1, 0.15) is 26.3 Å². The maximum atomic E-state index is 5.97. The Balaban J connectivity index is 2.47. The number of fused-ring (bicyclic) bond motifs is 1. The average molecular weight is 228 g/mol. The van der Waals surface area contributed by atoms with Gasteiger partial charge in [-0.1, -0.05) is 0 Å². The van der Waals surface area contributed by atoms with E-state index in [-0.39, 0.29) is 5.54 Å². The largest absolute Gasteiger partial charge is 0.383 e. The van der Waals surface area contributed by atoms with Gasteiger partial charge in [-0.2, -0.15) is 0 Å². The van der Waals surface area contributed by atoms with E-state index >= 15 is 0 Å². The molecule has 0 aliphatic rings. The van der Waals surface area contributed by atoms with Crippen molar-refractivity contribution < 1.29 is 0 Å². The predicted octanol–water partition coefficient (Wildman–Crippen LogP) is 2.13. The molecule has 2 N–H and O–H groups in total. The molecule has 17 heavy (non-hydrogen) atoms. The van der Waals surface area contributed by atoms with Gasteiger partial charge in [-0.05, 0) is 39.0 Å². The fourth-order valence-electron chi connectivity index (χ4n) is 1.55. The summed E-state index contributed by atoms with van der Waals surface area (Å²) >= 11 is 0. The molecule has 1 heterocycles. The molecule has 0 unspecified atom stereocenters. The van der Waals surface area contributed by atoms with Crippen LogP contribution in [0.4, 0.5) is 0 Å². The second kappa shape index (κ2) is 4.13. The van der Waals surface area contributed by atoms with Gasteiger partial charge < -0.3 is 5.73 Å². The van der Waals surface area contributed by atoms with E-state index in [1.165, 1.54) is 0 Å². The predicted molar refractivity (Wildman–Crippen MR) is 70.0 cm³/mol. The van der Waals surface area contributed by atoms with Crippen LogP contribution in [-0.2, 0) is 0 Å². The van der Waals surface area contributed by atoms with Crippen LogP contribution in [0.15, 0.2) is 35.6 Å². The van der Waals surface area contributed by atoms with E-state index < -0.39 is 0 Å². The Morgan fingerprint density at radius 3 is 2.41 bits per heavy atom. The first kappa shape index (κ1) is 11.5. The molecule has 0 saturated carbocycles. The quantitative estimate of drug-likeness (QED) is 0.600. The van der Waals surface area contributed by atoms with Crippen LogP contribution in [-0.4, -0.2) is 21.3 Å². The minimum atomic E-state index is -0.179. The molecule has 2 rings (SSSR count). The first-order valence-corrected chi connectivity index (χ1v) is 5.52. The fourth-order valence-corrected chi connectivity index (χ4v) is 1.55. The summed E-state index contributed by atoms with van der Waals surface area (Å²) in [5.74, 6) is 0.532. The Morgan fingerprint density at radius 2 is 1.76 bits per heavy atom. The molecule has 0 amide bonds. The Hall–Kier alpha value is -1.97. The summed E-state index contributed by atoms with van der Waals surface area (Å²) in [6, 6.07) is 5.73. The zero-order valence-electron chi connectivity index (χ0n) is 10.3. The summed E-state index contributed by atoms with van der Waals surface area (Å²) in [4.78, 5) is 12.9. The number of rotatable bonds is 1. The van der Waals surface area contributed by atoms with E-state index in [0.717, 1.165) is 16.6 Å². The highest BCUT2D eigenvalue weighted by molar-refractivity contribution is 6.00. The van der Waals surface area contributed by atoms with Crippen LogP contribution in [0.5, 0.6) is 0 Å². The fraction of sp³-hybridized carbons (Fsp3) is 0.308. The summed E-state index contributed by atoms with van der Waals surface area (Å²) in [6.07, 6.45) is 3.35. The van der Waals surface area contributed by atoms with Gasteiger partial charge in [0.2, 0.25) is 0 Å². The molecule has 88 valence electrons. The highest BCUT2D eigenvalue weighted by atomic mass is 14.9. The van der Waals surface area contributed by atoms with Crippen LogP contribution < -0.4 is 5.73 Å². The first-order chi connectivity index (χ1) is 7.96. The smallest absolute Gasteiger partial charge is 0.126 e. The zero-order chi connectivity index (χ0) is 12.5. The Morgan fingerprint density at radius 1 is 1.12 bits per heavy atom. The van der Waals surface area contributed by atoms with Gasteiger partial charge in [-0.3, -0.25) is 15.0 Å². The van der Waals surface area contributed by atoms with Gasteiger partial charge in [-0.15, -0.1) is 0 Å². The molecular formula is C13H16N4. The van der Waals surface area contributed by atoms with Gasteiger partial charge in [0, 0.05) is 18.0 Å². The molecule has 0 radical (unpaired) electrons. The molecule has 0 atom stereocenters. The van der Waals surface area contributed by atoms with Crippen LogP contribution in [0.3, 0.4) is 0 Å². The molecule has 0 fully saturated rings. The molecule has 0 bridgehead atoms. The lowest BCUT2D eigenvalue weighted by molar-refractivity contribution is 0.583. The molecule has 4 heteroatoms. The number of nitrogens with zero attached hydrogens (tertiary/aromatic N) is 3. The van der Waals surface area contributed by atoms with Crippen molar-refractivity contribution in [3.63, 3.8) is 0 Å². The number of hydrogen-bond donors (Lipinski definition) is 1. The molecule has 0 spiro atoms. The van der Waals surface area contributed by atoms with Crippen molar-refractivity contribution in [1.29, 1.82) is 0 Å². The van der Waals surface area contributed by atoms with Crippen LogP contribution >= 0.6 is 0 Å². The lowest BCUT2D eigenvalue weighted by atomic mass is 10.1. The van der Waals surface area contributed by atoms with Crippen molar-refractivity contribution in [2.45, 2.75) is 26.3 Å². The van der Waals surface area contributed by atoms with Crippen molar-refractivity contribution in [3.05, 3.63) is 36.2 Å². The van der Waals surface area contributed by atoms with Gasteiger partial charge in [-0.25, -0.2) is 0 Å². The van der Waals surface area contributed by atoms with Crippen LogP contribution in [0.25, 0.3) is 11.0 Å². The molecule has 0 aliphatic heterocycles. The molecule has 1 aromatic heterocycles. The highest BCUT2D eigenvalue weighted by Crippen LogP contribution is 2.13. The topological polar surface area (TPSA) is 64.2 Å². The second-order valence-corrected chi connectivity index (χ2v) is 4.93. The number of aromatic nitrogens is 2. The van der Waals surface area contributed by atoms with Gasteiger partial charge in [0.1, 0.15) is 5.84 Å². The first-order valence-electron chi connectivity index (χ1n) is 5.52. The number of benzene rings is 1. The number of nitrogens with two attached hydrogens (primary N) is 1. The van der Waals surface area contributed by atoms with Crippen LogP contribution in [0, 0.1) is 0 Å². The van der Waals surface area contributed by atoms with Crippen molar-refractivity contribution in [2.75, 3.05) is 0 Å². The Kier molecular flexibility index (Phi) is 2.79. The molecule has 0 aliphatic carbocycles.